The second-order valence-corrected chi connectivity index (χ2v) is 8.68. The number of nitrogens with zero attached hydrogens (tertiary/aromatic N) is 5. The summed E-state index contributed by atoms with van der Waals surface area (Å²) < 4.78 is 8.01. The molecule has 0 fully saturated rings. The van der Waals surface area contributed by atoms with Crippen molar-refractivity contribution in [2.45, 2.75) is 13.0 Å². The number of pyridine rings is 1. The minimum absolute atomic E-state index is 0.110. The van der Waals surface area contributed by atoms with Crippen LogP contribution in [0.2, 0.25) is 0 Å². The van der Waals surface area contributed by atoms with E-state index in [-0.39, 0.29) is 11.9 Å². The monoisotopic (exact) mass is 469 g/mol. The molecule has 1 unspecified atom stereocenters. The van der Waals surface area contributed by atoms with E-state index >= 15 is 0 Å². The third-order valence-corrected chi connectivity index (χ3v) is 6.00. The van der Waals surface area contributed by atoms with E-state index in [1.54, 1.807) is 13.4 Å². The molecular formula is C26H27N7O2. The highest BCUT2D eigenvalue weighted by Crippen LogP contribution is 2.33. The van der Waals surface area contributed by atoms with Crippen LogP contribution in [0.15, 0.2) is 59.3 Å². The number of hydrogen-bond acceptors (Lipinski definition) is 7. The van der Waals surface area contributed by atoms with Crippen molar-refractivity contribution in [2.24, 2.45) is 7.05 Å². The van der Waals surface area contributed by atoms with Crippen LogP contribution in [0.1, 0.15) is 24.1 Å². The summed E-state index contributed by atoms with van der Waals surface area (Å²) in [7, 11) is 7.72. The number of nitrogens with one attached hydrogen (secondary N) is 2. The van der Waals surface area contributed by atoms with Crippen molar-refractivity contribution >= 4 is 39.7 Å². The van der Waals surface area contributed by atoms with Gasteiger partial charge in [0, 0.05) is 46.4 Å². The number of carbonyl (C=O) groups excluding carboxylic acids is 1. The molecule has 3 heterocycles. The normalized spacial score (nSPS) is 12.1. The first-order chi connectivity index (χ1) is 16.9. The van der Waals surface area contributed by atoms with E-state index in [2.05, 4.69) is 20.6 Å². The summed E-state index contributed by atoms with van der Waals surface area (Å²) in [5.74, 6) is 0.979. The van der Waals surface area contributed by atoms with Crippen LogP contribution in [0, 0.1) is 0 Å². The minimum Gasteiger partial charge on any atom is -0.418 e. The Morgan fingerprint density at radius 1 is 1.06 bits per heavy atom. The van der Waals surface area contributed by atoms with Crippen molar-refractivity contribution in [1.29, 1.82) is 0 Å². The summed E-state index contributed by atoms with van der Waals surface area (Å²) >= 11 is 0. The van der Waals surface area contributed by atoms with E-state index < -0.39 is 0 Å². The highest BCUT2D eigenvalue weighted by Gasteiger charge is 2.20. The average Bonchev–Trinajstić information content (AvgIpc) is 3.45. The van der Waals surface area contributed by atoms with Crippen LogP contribution in [0.5, 0.6) is 0 Å². The molecule has 0 bridgehead atoms. The Kier molecular flexibility index (Phi) is 5.60. The number of fused-ring (bicyclic) bond motifs is 3. The van der Waals surface area contributed by atoms with Gasteiger partial charge >= 0.3 is 0 Å². The molecule has 5 rings (SSSR count). The molecule has 0 saturated carbocycles. The van der Waals surface area contributed by atoms with Crippen LogP contribution in [-0.4, -0.2) is 46.6 Å². The van der Waals surface area contributed by atoms with Crippen molar-refractivity contribution in [3.05, 3.63) is 66.0 Å². The minimum atomic E-state index is -0.314. The zero-order chi connectivity index (χ0) is 24.7. The maximum Gasteiger partial charge on any atom is 0.251 e. The van der Waals surface area contributed by atoms with Crippen LogP contribution in [0.3, 0.4) is 0 Å². The van der Waals surface area contributed by atoms with Gasteiger partial charge in [-0.25, -0.2) is 9.97 Å². The maximum absolute atomic E-state index is 12.1. The molecule has 178 valence electrons. The Bertz CT molecular complexity index is 1530. The number of imidazole rings is 1. The molecular weight excluding hydrogens is 442 g/mol. The lowest BCUT2D eigenvalue weighted by Gasteiger charge is -2.21. The average molecular weight is 470 g/mol. The summed E-state index contributed by atoms with van der Waals surface area (Å²) in [5.41, 5.74) is 6.46. The van der Waals surface area contributed by atoms with Gasteiger partial charge in [0.05, 0.1) is 12.4 Å². The van der Waals surface area contributed by atoms with Gasteiger partial charge in [0.25, 0.3) is 5.71 Å². The second-order valence-electron chi connectivity index (χ2n) is 8.68. The number of rotatable bonds is 6. The molecule has 0 aliphatic rings. The lowest BCUT2D eigenvalue weighted by atomic mass is 9.96. The number of hydrogen-bond donors (Lipinski definition) is 2. The van der Waals surface area contributed by atoms with Gasteiger partial charge in [-0.3, -0.25) is 4.79 Å². The molecule has 0 aliphatic carbocycles. The highest BCUT2D eigenvalue weighted by molar-refractivity contribution is 6.03. The number of aromatic nitrogens is 4. The third-order valence-electron chi connectivity index (χ3n) is 6.00. The largest absolute Gasteiger partial charge is 0.418 e. The first-order valence-corrected chi connectivity index (χ1v) is 11.3. The topological polar surface area (TPSA) is 101 Å². The number of anilines is 2. The third kappa shape index (κ3) is 4.05. The zero-order valence-electron chi connectivity index (χ0n) is 20.3. The van der Waals surface area contributed by atoms with E-state index in [1.165, 1.54) is 6.92 Å². The molecule has 2 aromatic carbocycles. The van der Waals surface area contributed by atoms with Crippen molar-refractivity contribution in [2.75, 3.05) is 31.4 Å². The SMILES string of the molecule is CNc1nc2oc(-c3cccc(C(NC(C)=O)c4ccc(N(C)C)cc4)c3)nc2c2c1ncn2C. The van der Waals surface area contributed by atoms with Crippen molar-refractivity contribution < 1.29 is 9.21 Å². The molecule has 2 N–H and O–H groups in total. The van der Waals surface area contributed by atoms with Gasteiger partial charge in [-0.2, -0.15) is 4.98 Å². The standard InChI is InChI=1S/C26H27N7O2/c1-15(34)29-20(16-9-11-19(12-10-16)32(3)4)17-7-6-8-18(13-17)25-30-22-23-21(28-14-33(23)5)24(27-2)31-26(22)35-25/h6-14,20H,1-5H3,(H,27,31)(H,29,34). The molecule has 35 heavy (non-hydrogen) atoms. The number of amides is 1. The first kappa shape index (κ1) is 22.4. The first-order valence-electron chi connectivity index (χ1n) is 11.3. The second kappa shape index (κ2) is 8.75. The molecule has 1 atom stereocenters. The smallest absolute Gasteiger partial charge is 0.251 e. The van der Waals surface area contributed by atoms with E-state index in [9.17, 15) is 4.79 Å². The lowest BCUT2D eigenvalue weighted by molar-refractivity contribution is -0.119. The van der Waals surface area contributed by atoms with E-state index in [0.717, 1.165) is 33.4 Å². The fourth-order valence-electron chi connectivity index (χ4n) is 4.26. The van der Waals surface area contributed by atoms with Gasteiger partial charge in [0.15, 0.2) is 11.3 Å². The predicted molar refractivity (Wildman–Crippen MR) is 137 cm³/mol. The lowest BCUT2D eigenvalue weighted by Crippen LogP contribution is -2.27. The molecule has 0 spiro atoms. The van der Waals surface area contributed by atoms with Crippen LogP contribution >= 0.6 is 0 Å². The van der Waals surface area contributed by atoms with Crippen LogP contribution in [0.25, 0.3) is 33.7 Å². The summed E-state index contributed by atoms with van der Waals surface area (Å²) in [6.07, 6.45) is 1.74. The van der Waals surface area contributed by atoms with E-state index in [4.69, 9.17) is 9.40 Å². The molecule has 5 aromatic rings. The Morgan fingerprint density at radius 3 is 2.51 bits per heavy atom. The van der Waals surface area contributed by atoms with Gasteiger partial charge in [-0.05, 0) is 35.4 Å². The summed E-state index contributed by atoms with van der Waals surface area (Å²) in [6.45, 7) is 1.52. The van der Waals surface area contributed by atoms with Crippen LogP contribution in [-0.2, 0) is 11.8 Å². The van der Waals surface area contributed by atoms with Gasteiger partial charge in [-0.1, -0.05) is 24.3 Å². The van der Waals surface area contributed by atoms with E-state index in [0.29, 0.717) is 22.9 Å². The Labute approximate surface area is 202 Å². The Balaban J connectivity index is 1.59. The summed E-state index contributed by atoms with van der Waals surface area (Å²) in [4.78, 5) is 27.9. The number of carbonyl (C=O) groups is 1. The molecule has 0 saturated heterocycles. The Hall–Kier alpha value is -4.40. The molecule has 0 radical (unpaired) electrons. The van der Waals surface area contributed by atoms with Crippen molar-refractivity contribution in [1.82, 2.24) is 24.8 Å². The fraction of sp³-hybridized carbons (Fsp3) is 0.231. The molecule has 0 aliphatic heterocycles. The van der Waals surface area contributed by atoms with Gasteiger partial charge in [-0.15, -0.1) is 0 Å². The fourth-order valence-corrected chi connectivity index (χ4v) is 4.26. The Morgan fingerprint density at radius 2 is 1.83 bits per heavy atom. The van der Waals surface area contributed by atoms with Crippen LogP contribution < -0.4 is 15.5 Å². The van der Waals surface area contributed by atoms with Gasteiger partial charge < -0.3 is 24.5 Å². The van der Waals surface area contributed by atoms with Gasteiger partial charge in [0.1, 0.15) is 11.0 Å². The molecule has 9 heteroatoms. The molecule has 1 amide bonds. The molecule has 3 aromatic heterocycles. The number of benzene rings is 2. The highest BCUT2D eigenvalue weighted by atomic mass is 16.4. The maximum atomic E-state index is 12.1. The molecule has 9 nitrogen and oxygen atoms in total. The van der Waals surface area contributed by atoms with Gasteiger partial charge in [0.2, 0.25) is 11.8 Å². The number of oxazole rings is 1. The quantitative estimate of drug-likeness (QED) is 0.386. The summed E-state index contributed by atoms with van der Waals surface area (Å²) in [6, 6.07) is 15.7. The zero-order valence-corrected chi connectivity index (χ0v) is 20.3. The van der Waals surface area contributed by atoms with Crippen LogP contribution in [0.4, 0.5) is 11.5 Å². The van der Waals surface area contributed by atoms with E-state index in [1.807, 2.05) is 79.1 Å². The van der Waals surface area contributed by atoms with Crippen molar-refractivity contribution in [3.63, 3.8) is 0 Å². The predicted octanol–water partition coefficient (Wildman–Crippen LogP) is 4.11. The van der Waals surface area contributed by atoms with Crippen molar-refractivity contribution in [3.8, 4) is 11.5 Å². The number of aryl methyl sites for hydroxylation is 1. The summed E-state index contributed by atoms with van der Waals surface area (Å²) in [5, 5.41) is 6.15.